The topological polar surface area (TPSA) is 38.3 Å². The fourth-order valence-corrected chi connectivity index (χ4v) is 2.07. The van der Waals surface area contributed by atoms with Crippen molar-refractivity contribution in [3.63, 3.8) is 0 Å². The summed E-state index contributed by atoms with van der Waals surface area (Å²) in [5, 5.41) is 2.13. The monoisotopic (exact) mass is 409 g/mol. The first kappa shape index (κ1) is 21.5. The highest BCUT2D eigenvalue weighted by molar-refractivity contribution is 6.05. The molecular formula is C18H14F7NO2. The molecule has 28 heavy (non-hydrogen) atoms. The predicted molar refractivity (Wildman–Crippen MR) is 87.0 cm³/mol. The van der Waals surface area contributed by atoms with Gasteiger partial charge in [0, 0.05) is 5.56 Å². The van der Waals surface area contributed by atoms with Crippen molar-refractivity contribution in [3.8, 4) is 5.75 Å². The molecule has 0 aliphatic rings. The summed E-state index contributed by atoms with van der Waals surface area (Å²) in [6.45, 7) is -0.0208. The average Bonchev–Trinajstić information content (AvgIpc) is 2.60. The SMILES string of the molecule is Cc1ccc(C(=O)Nc2cc(C(F)(F)F)ccc2OCC(F)(F)C(F)F)cc1. The third kappa shape index (κ3) is 5.37. The van der Waals surface area contributed by atoms with Crippen molar-refractivity contribution in [2.45, 2.75) is 25.4 Å². The summed E-state index contributed by atoms with van der Waals surface area (Å²) in [4.78, 5) is 12.2. The van der Waals surface area contributed by atoms with Gasteiger partial charge in [0.15, 0.2) is 6.61 Å². The molecule has 152 valence electrons. The minimum atomic E-state index is -4.78. The molecule has 1 amide bonds. The van der Waals surface area contributed by atoms with Crippen molar-refractivity contribution >= 4 is 11.6 Å². The van der Waals surface area contributed by atoms with Gasteiger partial charge < -0.3 is 10.1 Å². The molecule has 2 aromatic carbocycles. The van der Waals surface area contributed by atoms with Crippen LogP contribution < -0.4 is 10.1 Å². The summed E-state index contributed by atoms with van der Waals surface area (Å²) in [6.07, 6.45) is -8.80. The molecule has 0 radical (unpaired) electrons. The Morgan fingerprint density at radius 1 is 1.04 bits per heavy atom. The van der Waals surface area contributed by atoms with Gasteiger partial charge in [0.1, 0.15) is 5.75 Å². The van der Waals surface area contributed by atoms with Gasteiger partial charge in [-0.3, -0.25) is 4.79 Å². The number of aryl methyl sites for hydroxylation is 1. The minimum Gasteiger partial charge on any atom is -0.485 e. The summed E-state index contributed by atoms with van der Waals surface area (Å²) in [5.74, 6) is -5.94. The van der Waals surface area contributed by atoms with Crippen molar-refractivity contribution in [1.29, 1.82) is 0 Å². The Balaban J connectivity index is 2.32. The lowest BCUT2D eigenvalue weighted by atomic mass is 10.1. The number of benzene rings is 2. The van der Waals surface area contributed by atoms with E-state index in [-0.39, 0.29) is 5.56 Å². The molecule has 0 aliphatic heterocycles. The molecule has 2 aromatic rings. The molecule has 2 rings (SSSR count). The van der Waals surface area contributed by atoms with Crippen molar-refractivity contribution in [1.82, 2.24) is 0 Å². The highest BCUT2D eigenvalue weighted by Gasteiger charge is 2.42. The maximum Gasteiger partial charge on any atom is 0.416 e. The Hall–Kier alpha value is -2.78. The molecule has 0 aliphatic carbocycles. The zero-order valence-corrected chi connectivity index (χ0v) is 14.3. The van der Waals surface area contributed by atoms with Crippen molar-refractivity contribution in [2.24, 2.45) is 0 Å². The van der Waals surface area contributed by atoms with Gasteiger partial charge in [0.05, 0.1) is 11.3 Å². The third-order valence-corrected chi connectivity index (χ3v) is 3.61. The molecule has 0 saturated heterocycles. The van der Waals surface area contributed by atoms with Gasteiger partial charge in [-0.05, 0) is 37.3 Å². The number of amides is 1. The number of ether oxygens (including phenoxy) is 1. The van der Waals surface area contributed by atoms with Gasteiger partial charge in [0.25, 0.3) is 5.91 Å². The van der Waals surface area contributed by atoms with E-state index < -0.39 is 48.0 Å². The zero-order valence-electron chi connectivity index (χ0n) is 14.3. The van der Waals surface area contributed by atoms with E-state index in [2.05, 4.69) is 10.1 Å². The summed E-state index contributed by atoms with van der Waals surface area (Å²) in [7, 11) is 0. The van der Waals surface area contributed by atoms with Crippen LogP contribution in [0.1, 0.15) is 21.5 Å². The van der Waals surface area contributed by atoms with Gasteiger partial charge >= 0.3 is 18.5 Å². The number of hydrogen-bond acceptors (Lipinski definition) is 2. The number of carbonyl (C=O) groups is 1. The van der Waals surface area contributed by atoms with Crippen molar-refractivity contribution in [3.05, 3.63) is 59.2 Å². The largest absolute Gasteiger partial charge is 0.485 e. The fraction of sp³-hybridized carbons (Fsp3) is 0.278. The van der Waals surface area contributed by atoms with Gasteiger partial charge in [0.2, 0.25) is 0 Å². The normalized spacial score (nSPS) is 12.2. The van der Waals surface area contributed by atoms with Crippen LogP contribution in [0.3, 0.4) is 0 Å². The van der Waals surface area contributed by atoms with E-state index in [9.17, 15) is 35.5 Å². The highest BCUT2D eigenvalue weighted by atomic mass is 19.4. The van der Waals surface area contributed by atoms with Crippen LogP contribution in [0.2, 0.25) is 0 Å². The smallest absolute Gasteiger partial charge is 0.416 e. The number of alkyl halides is 7. The number of hydrogen-bond donors (Lipinski definition) is 1. The highest BCUT2D eigenvalue weighted by Crippen LogP contribution is 2.36. The molecule has 0 aromatic heterocycles. The second-order valence-corrected chi connectivity index (χ2v) is 5.88. The quantitative estimate of drug-likeness (QED) is 0.636. The Morgan fingerprint density at radius 2 is 1.64 bits per heavy atom. The predicted octanol–water partition coefficient (Wildman–Crippen LogP) is 5.55. The molecule has 0 unspecified atom stereocenters. The molecule has 0 bridgehead atoms. The first-order valence-electron chi connectivity index (χ1n) is 7.78. The van der Waals surface area contributed by atoms with Crippen LogP contribution in [0.4, 0.5) is 36.4 Å². The molecule has 0 saturated carbocycles. The summed E-state index contributed by atoms with van der Waals surface area (Å²) in [6, 6.07) is 7.66. The van der Waals surface area contributed by atoms with E-state index in [0.29, 0.717) is 18.2 Å². The molecule has 0 fully saturated rings. The van der Waals surface area contributed by atoms with Crippen LogP contribution in [-0.2, 0) is 6.18 Å². The molecule has 1 N–H and O–H groups in total. The molecule has 0 spiro atoms. The van der Waals surface area contributed by atoms with Gasteiger partial charge in [-0.15, -0.1) is 0 Å². The standard InChI is InChI=1S/C18H14F7NO2/c1-10-2-4-11(5-3-10)15(27)26-13-8-12(18(23,24)25)6-7-14(13)28-9-17(21,22)16(19)20/h2-8,16H,9H2,1H3,(H,26,27). The molecule has 10 heteroatoms. The van der Waals surface area contributed by atoms with E-state index in [4.69, 9.17) is 0 Å². The number of rotatable bonds is 6. The first-order valence-corrected chi connectivity index (χ1v) is 7.78. The lowest BCUT2D eigenvalue weighted by molar-refractivity contribution is -0.148. The Morgan fingerprint density at radius 3 is 2.18 bits per heavy atom. The van der Waals surface area contributed by atoms with Crippen LogP contribution in [-0.4, -0.2) is 24.9 Å². The van der Waals surface area contributed by atoms with E-state index in [1.165, 1.54) is 12.1 Å². The van der Waals surface area contributed by atoms with Crippen LogP contribution in [0, 0.1) is 6.92 Å². The number of anilines is 1. The van der Waals surface area contributed by atoms with E-state index in [1.54, 1.807) is 19.1 Å². The van der Waals surface area contributed by atoms with Crippen LogP contribution in [0.15, 0.2) is 42.5 Å². The van der Waals surface area contributed by atoms with Gasteiger partial charge in [-0.25, -0.2) is 8.78 Å². The van der Waals surface area contributed by atoms with Gasteiger partial charge in [-0.1, -0.05) is 17.7 Å². The van der Waals surface area contributed by atoms with Crippen LogP contribution >= 0.6 is 0 Å². The van der Waals surface area contributed by atoms with E-state index >= 15 is 0 Å². The van der Waals surface area contributed by atoms with Crippen molar-refractivity contribution < 1.29 is 40.3 Å². The number of nitrogens with one attached hydrogen (secondary N) is 1. The molecule has 0 heterocycles. The summed E-state index contributed by atoms with van der Waals surface area (Å²) >= 11 is 0. The van der Waals surface area contributed by atoms with Crippen molar-refractivity contribution in [2.75, 3.05) is 11.9 Å². The summed E-state index contributed by atoms with van der Waals surface area (Å²) < 4.78 is 93.9. The second-order valence-electron chi connectivity index (χ2n) is 5.88. The first-order chi connectivity index (χ1) is 12.9. The Bertz CT molecular complexity index is 833. The molecular weight excluding hydrogens is 395 g/mol. The molecule has 3 nitrogen and oxygen atoms in total. The molecule has 0 atom stereocenters. The van der Waals surface area contributed by atoms with Gasteiger partial charge in [-0.2, -0.15) is 22.0 Å². The Labute approximate surface area is 155 Å². The average molecular weight is 409 g/mol. The van der Waals surface area contributed by atoms with E-state index in [0.717, 1.165) is 5.56 Å². The van der Waals surface area contributed by atoms with E-state index in [1.807, 2.05) is 0 Å². The van der Waals surface area contributed by atoms with Crippen LogP contribution in [0.5, 0.6) is 5.75 Å². The lowest BCUT2D eigenvalue weighted by Gasteiger charge is -2.19. The second kappa shape index (κ2) is 8.07. The lowest BCUT2D eigenvalue weighted by Crippen LogP contribution is -2.34. The summed E-state index contributed by atoms with van der Waals surface area (Å²) in [5.41, 5.74) is -0.842. The minimum absolute atomic E-state index is 0.0897. The number of halogens is 7. The fourth-order valence-electron chi connectivity index (χ4n) is 2.07. The maximum absolute atomic E-state index is 13.1. The maximum atomic E-state index is 13.1. The third-order valence-electron chi connectivity index (χ3n) is 3.61. The van der Waals surface area contributed by atoms with Crippen LogP contribution in [0.25, 0.3) is 0 Å². The zero-order chi connectivity index (χ0) is 21.1. The number of carbonyl (C=O) groups excluding carboxylic acids is 1. The Kier molecular flexibility index (Phi) is 6.20.